The lowest BCUT2D eigenvalue weighted by Crippen LogP contribution is -2.38. The SMILES string of the molecule is COc1cc(-c2cn(C)c(=O)c3cnccc23)cc(OC)c1CN(C)CC(=O)N(C)CCOCCOCCNC(=O)OC(C)(C)C. The zero-order chi connectivity index (χ0) is 33.9. The van der Waals surface area contributed by atoms with Crippen LogP contribution in [-0.2, 0) is 32.6 Å². The van der Waals surface area contributed by atoms with Crippen LogP contribution in [0.15, 0.2) is 41.6 Å². The molecule has 2 amide bonds. The molecule has 0 radical (unpaired) electrons. The Morgan fingerprint density at radius 2 is 1.63 bits per heavy atom. The number of hydrogen-bond donors (Lipinski definition) is 1. The van der Waals surface area contributed by atoms with Gasteiger partial charge >= 0.3 is 6.09 Å². The highest BCUT2D eigenvalue weighted by atomic mass is 16.6. The number of carbonyl (C=O) groups is 2. The number of alkyl carbamates (subject to hydrolysis) is 1. The molecule has 13 heteroatoms. The van der Waals surface area contributed by atoms with Gasteiger partial charge in [-0.3, -0.25) is 19.5 Å². The van der Waals surface area contributed by atoms with Crippen molar-refractivity contribution in [2.45, 2.75) is 32.9 Å². The smallest absolute Gasteiger partial charge is 0.407 e. The van der Waals surface area contributed by atoms with Gasteiger partial charge in [0.25, 0.3) is 5.56 Å². The molecule has 3 aromatic rings. The minimum Gasteiger partial charge on any atom is -0.496 e. The fourth-order valence-electron chi connectivity index (χ4n) is 4.70. The fraction of sp³-hybridized carbons (Fsp3) is 0.515. The maximum atomic E-state index is 12.9. The van der Waals surface area contributed by atoms with Crippen LogP contribution >= 0.6 is 0 Å². The molecule has 1 N–H and O–H groups in total. The molecule has 0 saturated heterocycles. The number of hydrogen-bond acceptors (Lipinski definition) is 10. The standard InChI is InChI=1S/C33H47N5O8/c1-33(2,3)46-32(41)35-11-13-44-15-16-45-14-12-37(5)30(39)22-36(4)20-27-28(42-7)17-23(18-29(27)43-8)26-21-38(6)31(40)25-19-34-10-9-24(25)26/h9-10,17-19,21H,11-16,20,22H2,1-8H3,(H,35,41). The quantitative estimate of drug-likeness (QED) is 0.233. The van der Waals surface area contributed by atoms with Crippen molar-refractivity contribution in [3.05, 3.63) is 52.7 Å². The van der Waals surface area contributed by atoms with E-state index in [1.54, 1.807) is 72.6 Å². The molecule has 46 heavy (non-hydrogen) atoms. The minimum atomic E-state index is -0.543. The van der Waals surface area contributed by atoms with Crippen LogP contribution in [0, 0.1) is 0 Å². The Morgan fingerprint density at radius 3 is 2.26 bits per heavy atom. The predicted octanol–water partition coefficient (Wildman–Crippen LogP) is 3.07. The summed E-state index contributed by atoms with van der Waals surface area (Å²) in [5, 5.41) is 3.93. The second-order valence-electron chi connectivity index (χ2n) is 11.9. The molecular formula is C33H47N5O8. The fourth-order valence-corrected chi connectivity index (χ4v) is 4.70. The van der Waals surface area contributed by atoms with Gasteiger partial charge in [0.2, 0.25) is 5.91 Å². The molecule has 1 aromatic carbocycles. The number of aryl methyl sites for hydroxylation is 1. The van der Waals surface area contributed by atoms with Gasteiger partial charge in [-0.1, -0.05) is 0 Å². The molecule has 3 rings (SSSR count). The molecule has 0 spiro atoms. The summed E-state index contributed by atoms with van der Waals surface area (Å²) in [6.45, 7) is 8.21. The number of rotatable bonds is 16. The summed E-state index contributed by atoms with van der Waals surface area (Å²) in [6.07, 6.45) is 4.55. The number of methoxy groups -OCH3 is 2. The minimum absolute atomic E-state index is 0.0598. The highest BCUT2D eigenvalue weighted by molar-refractivity contribution is 5.95. The van der Waals surface area contributed by atoms with Crippen LogP contribution in [0.3, 0.4) is 0 Å². The normalized spacial score (nSPS) is 11.5. The predicted molar refractivity (Wildman–Crippen MR) is 175 cm³/mol. The highest BCUT2D eigenvalue weighted by Gasteiger charge is 2.20. The summed E-state index contributed by atoms with van der Waals surface area (Å²) in [5.74, 6) is 1.15. The van der Waals surface area contributed by atoms with E-state index in [0.29, 0.717) is 62.9 Å². The number of aromatic nitrogens is 2. The van der Waals surface area contributed by atoms with E-state index in [9.17, 15) is 14.4 Å². The summed E-state index contributed by atoms with van der Waals surface area (Å²) in [5.41, 5.74) is 1.80. The first-order chi connectivity index (χ1) is 21.8. The van der Waals surface area contributed by atoms with Gasteiger partial charge in [0, 0.05) is 57.9 Å². The number of ether oxygens (including phenoxy) is 5. The Balaban J connectivity index is 1.50. The van der Waals surface area contributed by atoms with E-state index in [4.69, 9.17) is 23.7 Å². The van der Waals surface area contributed by atoms with E-state index in [0.717, 1.165) is 22.1 Å². The Morgan fingerprint density at radius 1 is 0.978 bits per heavy atom. The van der Waals surface area contributed by atoms with Crippen LogP contribution in [0.25, 0.3) is 21.9 Å². The number of likely N-dealkylation sites (N-methyl/N-ethyl adjacent to an activating group) is 2. The van der Waals surface area contributed by atoms with Gasteiger partial charge < -0.3 is 38.5 Å². The Labute approximate surface area is 270 Å². The second-order valence-corrected chi connectivity index (χ2v) is 11.9. The van der Waals surface area contributed by atoms with Gasteiger partial charge in [-0.15, -0.1) is 0 Å². The molecule has 0 aliphatic carbocycles. The van der Waals surface area contributed by atoms with E-state index in [2.05, 4.69) is 10.3 Å². The van der Waals surface area contributed by atoms with Crippen molar-refractivity contribution in [1.82, 2.24) is 24.7 Å². The average Bonchev–Trinajstić information content (AvgIpc) is 3.00. The maximum absolute atomic E-state index is 12.9. The zero-order valence-electron chi connectivity index (χ0n) is 28.2. The van der Waals surface area contributed by atoms with Crippen LogP contribution in [0.5, 0.6) is 11.5 Å². The first-order valence-electron chi connectivity index (χ1n) is 15.1. The van der Waals surface area contributed by atoms with Crippen molar-refractivity contribution in [1.29, 1.82) is 0 Å². The first-order valence-corrected chi connectivity index (χ1v) is 15.1. The maximum Gasteiger partial charge on any atom is 0.407 e. The molecule has 0 atom stereocenters. The average molecular weight is 642 g/mol. The van der Waals surface area contributed by atoms with Crippen LogP contribution < -0.4 is 20.3 Å². The summed E-state index contributed by atoms with van der Waals surface area (Å²) in [7, 11) is 8.49. The molecule has 0 aliphatic heterocycles. The molecule has 0 fully saturated rings. The Bertz CT molecular complexity index is 1510. The molecule has 0 bridgehead atoms. The number of pyridine rings is 2. The molecule has 252 valence electrons. The number of nitrogens with one attached hydrogen (secondary N) is 1. The monoisotopic (exact) mass is 641 g/mol. The van der Waals surface area contributed by atoms with E-state index in [1.807, 2.05) is 30.1 Å². The van der Waals surface area contributed by atoms with E-state index < -0.39 is 11.7 Å². The second kappa shape index (κ2) is 16.9. The summed E-state index contributed by atoms with van der Waals surface area (Å²) in [6, 6.07) is 5.65. The third-order valence-corrected chi connectivity index (χ3v) is 7.02. The topological polar surface area (TPSA) is 134 Å². The van der Waals surface area contributed by atoms with Crippen LogP contribution in [0.4, 0.5) is 4.79 Å². The molecule has 0 unspecified atom stereocenters. The lowest BCUT2D eigenvalue weighted by atomic mass is 9.99. The van der Waals surface area contributed by atoms with Crippen LogP contribution in [-0.4, -0.2) is 111 Å². The van der Waals surface area contributed by atoms with Crippen molar-refractivity contribution < 1.29 is 33.3 Å². The molecule has 2 aromatic heterocycles. The van der Waals surface area contributed by atoms with E-state index in [1.165, 1.54) is 4.57 Å². The molecular weight excluding hydrogens is 594 g/mol. The number of benzene rings is 1. The summed E-state index contributed by atoms with van der Waals surface area (Å²) in [4.78, 5) is 44.8. The van der Waals surface area contributed by atoms with Gasteiger partial charge in [0.1, 0.15) is 17.1 Å². The van der Waals surface area contributed by atoms with Crippen molar-refractivity contribution in [2.24, 2.45) is 7.05 Å². The third-order valence-electron chi connectivity index (χ3n) is 7.02. The summed E-state index contributed by atoms with van der Waals surface area (Å²) < 4.78 is 29.3. The van der Waals surface area contributed by atoms with Crippen LogP contribution in [0.2, 0.25) is 0 Å². The molecule has 13 nitrogen and oxygen atoms in total. The molecule has 0 saturated carbocycles. The van der Waals surface area contributed by atoms with Crippen molar-refractivity contribution in [3.8, 4) is 22.6 Å². The third kappa shape index (κ3) is 10.4. The number of fused-ring (bicyclic) bond motifs is 1. The van der Waals surface area contributed by atoms with E-state index >= 15 is 0 Å². The number of amides is 2. The van der Waals surface area contributed by atoms with Crippen molar-refractivity contribution >= 4 is 22.8 Å². The Hall–Kier alpha value is -4.20. The van der Waals surface area contributed by atoms with Gasteiger partial charge in [-0.2, -0.15) is 0 Å². The van der Waals surface area contributed by atoms with Crippen LogP contribution in [0.1, 0.15) is 26.3 Å². The van der Waals surface area contributed by atoms with Crippen molar-refractivity contribution in [3.63, 3.8) is 0 Å². The number of nitrogens with zero attached hydrogens (tertiary/aromatic N) is 4. The van der Waals surface area contributed by atoms with Gasteiger partial charge in [-0.25, -0.2) is 4.79 Å². The highest BCUT2D eigenvalue weighted by Crippen LogP contribution is 2.37. The van der Waals surface area contributed by atoms with Gasteiger partial charge in [0.15, 0.2) is 0 Å². The first kappa shape index (κ1) is 36.3. The molecule has 2 heterocycles. The van der Waals surface area contributed by atoms with Gasteiger partial charge in [-0.05, 0) is 57.0 Å². The summed E-state index contributed by atoms with van der Waals surface area (Å²) >= 11 is 0. The lowest BCUT2D eigenvalue weighted by molar-refractivity contribution is -0.131. The zero-order valence-corrected chi connectivity index (χ0v) is 28.2. The van der Waals surface area contributed by atoms with Crippen molar-refractivity contribution in [2.75, 3.05) is 74.4 Å². The van der Waals surface area contributed by atoms with Gasteiger partial charge in [0.05, 0.1) is 58.1 Å². The Kier molecular flexibility index (Phi) is 13.3. The lowest BCUT2D eigenvalue weighted by Gasteiger charge is -2.24. The molecule has 0 aliphatic rings. The largest absolute Gasteiger partial charge is 0.496 e. The number of carbonyl (C=O) groups excluding carboxylic acids is 2. The van der Waals surface area contributed by atoms with E-state index in [-0.39, 0.29) is 18.0 Å².